The minimum Gasteiger partial charge on any atom is -0.460 e. The molecule has 6 heteroatoms. The fourth-order valence-corrected chi connectivity index (χ4v) is 1.19. The molecule has 0 amide bonds. The van der Waals surface area contributed by atoms with E-state index in [-0.39, 0.29) is 0 Å². The van der Waals surface area contributed by atoms with Gasteiger partial charge in [0.25, 0.3) is 6.17 Å². The van der Waals surface area contributed by atoms with Crippen molar-refractivity contribution in [2.75, 3.05) is 0 Å². The number of halogens is 3. The number of Topliss-reactive ketones (excluding diaryl/α,β-unsaturated/α-hetero) is 1. The zero-order valence-corrected chi connectivity index (χ0v) is 9.75. The highest BCUT2D eigenvalue weighted by atomic mass is 19.2. The average Bonchev–Trinajstić information content (AvgIpc) is 2.30. The molecular weight excluding hydrogens is 249 g/mol. The fraction of sp³-hybridized carbons (Fsp3) is 0.333. The molecule has 0 saturated heterocycles. The van der Waals surface area contributed by atoms with E-state index >= 15 is 0 Å². The molecule has 0 aromatic heterocycles. The molecule has 1 aromatic carbocycles. The molecule has 1 rings (SSSR count). The highest BCUT2D eigenvalue weighted by Crippen LogP contribution is 2.13. The molecule has 0 N–H and O–H groups in total. The molecule has 0 bridgehead atoms. The van der Waals surface area contributed by atoms with Gasteiger partial charge in [0, 0.05) is 5.56 Å². The van der Waals surface area contributed by atoms with E-state index in [1.165, 1.54) is 13.8 Å². The summed E-state index contributed by atoms with van der Waals surface area (Å²) >= 11 is 0. The Kier molecular flexibility index (Phi) is 4.47. The smallest absolute Gasteiger partial charge is 0.349 e. The molecule has 0 aliphatic rings. The largest absolute Gasteiger partial charge is 0.460 e. The van der Waals surface area contributed by atoms with Gasteiger partial charge in [-0.2, -0.15) is 0 Å². The predicted molar refractivity (Wildman–Crippen MR) is 56.8 cm³/mol. The number of ether oxygens (including phenoxy) is 1. The maximum Gasteiger partial charge on any atom is 0.349 e. The molecule has 3 nitrogen and oxygen atoms in total. The van der Waals surface area contributed by atoms with E-state index in [0.717, 1.165) is 6.07 Å². The lowest BCUT2D eigenvalue weighted by atomic mass is 10.1. The number of rotatable bonds is 4. The van der Waals surface area contributed by atoms with E-state index < -0.39 is 41.2 Å². The average molecular weight is 260 g/mol. The van der Waals surface area contributed by atoms with Gasteiger partial charge in [0.1, 0.15) is 0 Å². The molecule has 0 aliphatic carbocycles. The van der Waals surface area contributed by atoms with Crippen molar-refractivity contribution in [3.8, 4) is 0 Å². The molecule has 18 heavy (non-hydrogen) atoms. The van der Waals surface area contributed by atoms with E-state index in [0.29, 0.717) is 12.1 Å². The highest BCUT2D eigenvalue weighted by molar-refractivity contribution is 6.11. The molecule has 0 aliphatic heterocycles. The fourth-order valence-electron chi connectivity index (χ4n) is 1.19. The van der Waals surface area contributed by atoms with Crippen LogP contribution in [0, 0.1) is 11.6 Å². The molecule has 0 spiro atoms. The van der Waals surface area contributed by atoms with Gasteiger partial charge in [-0.3, -0.25) is 4.79 Å². The summed E-state index contributed by atoms with van der Waals surface area (Å²) in [7, 11) is 0. The van der Waals surface area contributed by atoms with Crippen molar-refractivity contribution < 1.29 is 27.5 Å². The van der Waals surface area contributed by atoms with Crippen molar-refractivity contribution in [3.05, 3.63) is 35.4 Å². The van der Waals surface area contributed by atoms with E-state index in [9.17, 15) is 22.8 Å². The van der Waals surface area contributed by atoms with Gasteiger partial charge in [0.15, 0.2) is 11.6 Å². The van der Waals surface area contributed by atoms with Gasteiger partial charge >= 0.3 is 5.97 Å². The first-order valence-corrected chi connectivity index (χ1v) is 5.16. The van der Waals surface area contributed by atoms with Crippen molar-refractivity contribution in [3.63, 3.8) is 0 Å². The summed E-state index contributed by atoms with van der Waals surface area (Å²) in [5.74, 6) is -5.06. The van der Waals surface area contributed by atoms with Gasteiger partial charge in [-0.05, 0) is 32.0 Å². The Balaban J connectivity index is 2.86. The molecular formula is C12H11F3O3. The zero-order valence-electron chi connectivity index (χ0n) is 9.75. The Bertz CT molecular complexity index is 472. The number of hydrogen-bond donors (Lipinski definition) is 0. The third kappa shape index (κ3) is 3.32. The third-order valence-corrected chi connectivity index (χ3v) is 1.99. The van der Waals surface area contributed by atoms with Crippen molar-refractivity contribution in [1.82, 2.24) is 0 Å². The number of ketones is 1. The Hall–Kier alpha value is -1.85. The number of hydrogen-bond acceptors (Lipinski definition) is 3. The monoisotopic (exact) mass is 260 g/mol. The minimum atomic E-state index is -2.54. The van der Waals surface area contributed by atoms with Crippen molar-refractivity contribution >= 4 is 11.8 Å². The number of benzene rings is 1. The van der Waals surface area contributed by atoms with Gasteiger partial charge < -0.3 is 4.74 Å². The van der Waals surface area contributed by atoms with Crippen LogP contribution in [0.5, 0.6) is 0 Å². The third-order valence-electron chi connectivity index (χ3n) is 1.99. The number of carbonyl (C=O) groups excluding carboxylic acids is 2. The summed E-state index contributed by atoms with van der Waals surface area (Å²) in [6, 6.07) is 2.12. The van der Waals surface area contributed by atoms with Crippen molar-refractivity contribution in [1.29, 1.82) is 0 Å². The van der Waals surface area contributed by atoms with E-state index in [1.807, 2.05) is 0 Å². The van der Waals surface area contributed by atoms with Crippen LogP contribution in [-0.4, -0.2) is 24.0 Å². The molecule has 0 heterocycles. The second-order valence-electron chi connectivity index (χ2n) is 3.84. The van der Waals surface area contributed by atoms with E-state index in [1.54, 1.807) is 0 Å². The van der Waals surface area contributed by atoms with Crippen molar-refractivity contribution in [2.45, 2.75) is 26.1 Å². The minimum absolute atomic E-state index is 0.429. The number of esters is 1. The van der Waals surface area contributed by atoms with Gasteiger partial charge in [-0.25, -0.2) is 18.0 Å². The zero-order chi connectivity index (χ0) is 13.9. The first kappa shape index (κ1) is 14.2. The quantitative estimate of drug-likeness (QED) is 0.474. The second kappa shape index (κ2) is 5.66. The number of carbonyl (C=O) groups is 2. The lowest BCUT2D eigenvalue weighted by Gasteiger charge is -2.10. The standard InChI is InChI=1S/C12H11F3O3/c1-6(2)18-12(17)10(15)11(16)7-3-4-8(13)9(14)5-7/h3-6,10H,1-2H3. The maximum atomic E-state index is 13.4. The molecule has 98 valence electrons. The van der Waals surface area contributed by atoms with Crippen LogP contribution in [0.3, 0.4) is 0 Å². The molecule has 0 fully saturated rings. The van der Waals surface area contributed by atoms with Crippen molar-refractivity contribution in [2.24, 2.45) is 0 Å². The second-order valence-corrected chi connectivity index (χ2v) is 3.84. The van der Waals surface area contributed by atoms with Crippen LogP contribution in [0.15, 0.2) is 18.2 Å². The Morgan fingerprint density at radius 3 is 2.28 bits per heavy atom. The van der Waals surface area contributed by atoms with Crippen LogP contribution in [0.2, 0.25) is 0 Å². The first-order valence-electron chi connectivity index (χ1n) is 5.16. The normalized spacial score (nSPS) is 12.3. The van der Waals surface area contributed by atoms with Crippen LogP contribution in [0.25, 0.3) is 0 Å². The SMILES string of the molecule is CC(C)OC(=O)C(F)C(=O)c1ccc(F)c(F)c1. The summed E-state index contributed by atoms with van der Waals surface area (Å²) in [5, 5.41) is 0. The molecule has 0 radical (unpaired) electrons. The van der Waals surface area contributed by atoms with Crippen LogP contribution in [0.4, 0.5) is 13.2 Å². The summed E-state index contributed by atoms with van der Waals surface area (Å²) in [5.41, 5.74) is -0.429. The van der Waals surface area contributed by atoms with Gasteiger partial charge in [0.05, 0.1) is 6.10 Å². The summed E-state index contributed by atoms with van der Waals surface area (Å²) < 4.78 is 43.4. The molecule has 0 saturated carbocycles. The topological polar surface area (TPSA) is 43.4 Å². The molecule has 1 aromatic rings. The maximum absolute atomic E-state index is 13.4. The Morgan fingerprint density at radius 2 is 1.78 bits per heavy atom. The first-order chi connectivity index (χ1) is 8.32. The van der Waals surface area contributed by atoms with E-state index in [2.05, 4.69) is 4.74 Å². The Morgan fingerprint density at radius 1 is 1.17 bits per heavy atom. The summed E-state index contributed by atoms with van der Waals surface area (Å²) in [4.78, 5) is 22.6. The molecule has 1 atom stereocenters. The number of alkyl halides is 1. The lowest BCUT2D eigenvalue weighted by molar-refractivity contribution is -0.151. The van der Waals surface area contributed by atoms with Gasteiger partial charge in [-0.15, -0.1) is 0 Å². The van der Waals surface area contributed by atoms with Crippen LogP contribution >= 0.6 is 0 Å². The lowest BCUT2D eigenvalue weighted by Crippen LogP contribution is -2.29. The highest BCUT2D eigenvalue weighted by Gasteiger charge is 2.29. The predicted octanol–water partition coefficient (Wildman–Crippen LogP) is 2.44. The van der Waals surface area contributed by atoms with Crippen LogP contribution in [-0.2, 0) is 9.53 Å². The van der Waals surface area contributed by atoms with Gasteiger partial charge in [0.2, 0.25) is 5.78 Å². The molecule has 1 unspecified atom stereocenters. The van der Waals surface area contributed by atoms with Crippen LogP contribution in [0.1, 0.15) is 24.2 Å². The van der Waals surface area contributed by atoms with E-state index in [4.69, 9.17) is 0 Å². The summed E-state index contributed by atoms with van der Waals surface area (Å²) in [6.07, 6.45) is -3.12. The van der Waals surface area contributed by atoms with Gasteiger partial charge in [-0.1, -0.05) is 0 Å². The Labute approximate surface area is 102 Å². The summed E-state index contributed by atoms with van der Waals surface area (Å²) in [6.45, 7) is 2.99. The van der Waals surface area contributed by atoms with Crippen LogP contribution < -0.4 is 0 Å².